The van der Waals surface area contributed by atoms with Gasteiger partial charge in [0.2, 0.25) is 0 Å². The van der Waals surface area contributed by atoms with Gasteiger partial charge in [-0.2, -0.15) is 13.2 Å². The van der Waals surface area contributed by atoms with Crippen LogP contribution in [-0.4, -0.2) is 72.0 Å². The van der Waals surface area contributed by atoms with Crippen molar-refractivity contribution in [2.45, 2.75) is 76.7 Å². The maximum atomic E-state index is 13.8. The molecule has 0 spiro atoms. The Morgan fingerprint density at radius 2 is 2.00 bits per heavy atom. The van der Waals surface area contributed by atoms with Crippen LogP contribution in [0.4, 0.5) is 18.9 Å². The van der Waals surface area contributed by atoms with Gasteiger partial charge < -0.3 is 24.7 Å². The zero-order chi connectivity index (χ0) is 31.5. The van der Waals surface area contributed by atoms with Crippen molar-refractivity contribution in [3.63, 3.8) is 0 Å². The molecule has 44 heavy (non-hydrogen) atoms. The van der Waals surface area contributed by atoms with Gasteiger partial charge in [0, 0.05) is 65.9 Å². The Morgan fingerprint density at radius 1 is 1.20 bits per heavy atom. The summed E-state index contributed by atoms with van der Waals surface area (Å²) in [5, 5.41) is 7.74. The fraction of sp³-hybridized carbons (Fsp3) is 0.529. The van der Waals surface area contributed by atoms with Crippen LogP contribution < -0.4 is 10.6 Å². The molecule has 7 nitrogen and oxygen atoms in total. The maximum Gasteiger partial charge on any atom is 0.406 e. The third-order valence-corrected chi connectivity index (χ3v) is 9.18. The molecule has 3 heterocycles. The average molecular weight is 610 g/mol. The van der Waals surface area contributed by atoms with Crippen molar-refractivity contribution in [1.82, 2.24) is 19.4 Å². The Labute approximate surface area is 258 Å². The molecule has 2 aliphatic rings. The van der Waals surface area contributed by atoms with E-state index in [0.29, 0.717) is 36.6 Å². The van der Waals surface area contributed by atoms with E-state index in [1.54, 1.807) is 18.2 Å². The number of benzene rings is 1. The Morgan fingerprint density at radius 3 is 2.68 bits per heavy atom. The van der Waals surface area contributed by atoms with Gasteiger partial charge >= 0.3 is 6.18 Å². The molecule has 0 bridgehead atoms. The molecule has 1 aromatic carbocycles. The van der Waals surface area contributed by atoms with Crippen LogP contribution in [0.25, 0.3) is 16.6 Å². The Balaban J connectivity index is 1.28. The van der Waals surface area contributed by atoms with Crippen molar-refractivity contribution in [1.29, 1.82) is 0 Å². The zero-order valence-corrected chi connectivity index (χ0v) is 26.3. The minimum Gasteiger partial charge on any atom is -0.385 e. The monoisotopic (exact) mass is 609 g/mol. The number of rotatable bonds is 13. The van der Waals surface area contributed by atoms with Crippen LogP contribution in [0, 0.1) is 5.92 Å². The highest BCUT2D eigenvalue weighted by molar-refractivity contribution is 6.06. The van der Waals surface area contributed by atoms with Gasteiger partial charge in [0.25, 0.3) is 0 Å². The first-order valence-electron chi connectivity index (χ1n) is 15.8. The van der Waals surface area contributed by atoms with E-state index in [-0.39, 0.29) is 17.4 Å². The number of fused-ring (bicyclic) bond motifs is 1. The second-order valence-electron chi connectivity index (χ2n) is 12.7. The van der Waals surface area contributed by atoms with Crippen molar-refractivity contribution in [2.75, 3.05) is 38.5 Å². The summed E-state index contributed by atoms with van der Waals surface area (Å²) in [7, 11) is 2.11. The van der Waals surface area contributed by atoms with Gasteiger partial charge in [-0.1, -0.05) is 32.9 Å². The van der Waals surface area contributed by atoms with Crippen LogP contribution in [0.2, 0.25) is 0 Å². The fourth-order valence-corrected chi connectivity index (χ4v) is 6.65. The highest BCUT2D eigenvalue weighted by Gasteiger charge is 2.43. The predicted molar refractivity (Wildman–Crippen MR) is 176 cm³/mol. The number of aromatic nitrogens is 2. The molecule has 0 amide bonds. The largest absolute Gasteiger partial charge is 0.406 e. The summed E-state index contributed by atoms with van der Waals surface area (Å²) in [5.74, 6) is 0.624. The van der Waals surface area contributed by atoms with Crippen LogP contribution >= 0.6 is 0 Å². The number of nitrogens with zero attached hydrogens (tertiary/aromatic N) is 5. The smallest absolute Gasteiger partial charge is 0.385 e. The summed E-state index contributed by atoms with van der Waals surface area (Å²) in [6.45, 7) is 14.1. The highest BCUT2D eigenvalue weighted by atomic mass is 19.4. The Bertz CT molecular complexity index is 1490. The third kappa shape index (κ3) is 7.22. The number of halogens is 3. The molecule has 1 saturated heterocycles. The van der Waals surface area contributed by atoms with Crippen LogP contribution in [0.5, 0.6) is 0 Å². The van der Waals surface area contributed by atoms with E-state index in [2.05, 4.69) is 82.7 Å². The fourth-order valence-electron chi connectivity index (χ4n) is 6.65. The molecule has 5 rings (SSSR count). The number of alkyl halides is 3. The van der Waals surface area contributed by atoms with Gasteiger partial charge in [-0.05, 0) is 82.6 Å². The van der Waals surface area contributed by atoms with Crippen molar-refractivity contribution >= 4 is 34.8 Å². The van der Waals surface area contributed by atoms with Gasteiger partial charge in [0.15, 0.2) is 5.84 Å². The molecule has 2 aromatic heterocycles. The predicted octanol–water partition coefficient (Wildman–Crippen LogP) is 7.14. The number of amidine groups is 1. The van der Waals surface area contributed by atoms with Crippen LogP contribution in [0.1, 0.15) is 63.6 Å². The molecule has 2 fully saturated rings. The molecule has 1 saturated carbocycles. The van der Waals surface area contributed by atoms with Gasteiger partial charge in [-0.15, -0.1) is 0 Å². The molecule has 1 aliphatic carbocycles. The van der Waals surface area contributed by atoms with Gasteiger partial charge in [0.05, 0.1) is 11.2 Å². The second kappa shape index (κ2) is 13.2. The third-order valence-electron chi connectivity index (χ3n) is 9.18. The van der Waals surface area contributed by atoms with E-state index in [9.17, 15) is 13.2 Å². The summed E-state index contributed by atoms with van der Waals surface area (Å²) in [4.78, 5) is 11.0. The van der Waals surface area contributed by atoms with E-state index in [1.807, 2.05) is 6.07 Å². The van der Waals surface area contributed by atoms with Gasteiger partial charge in [-0.25, -0.2) is 4.99 Å². The van der Waals surface area contributed by atoms with E-state index in [0.717, 1.165) is 41.8 Å². The highest BCUT2D eigenvalue weighted by Crippen LogP contribution is 2.47. The summed E-state index contributed by atoms with van der Waals surface area (Å²) in [6, 6.07) is 9.58. The molecular formula is C34H46F3N7. The molecule has 238 valence electrons. The van der Waals surface area contributed by atoms with Gasteiger partial charge in [-0.3, -0.25) is 4.99 Å². The summed E-state index contributed by atoms with van der Waals surface area (Å²) in [6.07, 6.45) is 6.36. The number of anilines is 1. The first-order valence-corrected chi connectivity index (χ1v) is 15.8. The quantitative estimate of drug-likeness (QED) is 0.123. The second-order valence-corrected chi connectivity index (χ2v) is 12.7. The van der Waals surface area contributed by atoms with E-state index < -0.39 is 12.7 Å². The Hall–Kier alpha value is -3.53. The molecule has 1 aliphatic heterocycles. The SMILES string of the molecule is C=N/C(=N\CCCNC(=C)c1ccn(C2(CCC)CC2)c1)c1cc2c(NC3CCN(C)CC3C)cccc2n1CC(F)(F)F. The number of hydrogen-bond donors (Lipinski definition) is 2. The van der Waals surface area contributed by atoms with Crippen LogP contribution in [-0.2, 0) is 12.1 Å². The van der Waals surface area contributed by atoms with E-state index >= 15 is 0 Å². The zero-order valence-electron chi connectivity index (χ0n) is 26.3. The minimum atomic E-state index is -4.40. The van der Waals surface area contributed by atoms with Crippen LogP contribution in [0.3, 0.4) is 0 Å². The molecule has 2 unspecified atom stereocenters. The Kier molecular flexibility index (Phi) is 9.58. The number of nitrogens with one attached hydrogen (secondary N) is 2. The number of likely N-dealkylation sites (tertiary alicyclic amines) is 1. The summed E-state index contributed by atoms with van der Waals surface area (Å²) in [5.41, 5.74) is 3.85. The number of aliphatic imine (C=N–C) groups is 2. The lowest BCUT2D eigenvalue weighted by Crippen LogP contribution is -2.43. The first-order chi connectivity index (χ1) is 21.0. The standard InChI is InChI=1S/C34H46F3N7/c1-6-13-33(14-15-33)43-19-11-26(22-43)25(3)39-16-8-17-40-32(38-4)31-20-27-29(41-28-12-18-42(5)21-24(28)2)9-7-10-30(27)44(31)23-34(35,36)37/h7,9-11,19-20,22,24,28,39,41H,3-4,6,8,12-18,21,23H2,1-2,5H3/b40-32-. The number of piperidine rings is 1. The molecule has 3 aromatic rings. The topological polar surface area (TPSA) is 61.9 Å². The molecule has 2 N–H and O–H groups in total. The molecule has 2 atom stereocenters. The van der Waals surface area contributed by atoms with Crippen molar-refractivity contribution < 1.29 is 13.2 Å². The minimum absolute atomic E-state index is 0.214. The lowest BCUT2D eigenvalue weighted by Gasteiger charge is -2.36. The molecular weight excluding hydrogens is 563 g/mol. The van der Waals surface area contributed by atoms with Gasteiger partial charge in [0.1, 0.15) is 6.54 Å². The van der Waals surface area contributed by atoms with E-state index in [1.165, 1.54) is 30.3 Å². The van der Waals surface area contributed by atoms with Crippen LogP contribution in [0.15, 0.2) is 59.3 Å². The lowest BCUT2D eigenvalue weighted by atomic mass is 9.94. The average Bonchev–Trinajstić information content (AvgIpc) is 3.41. The van der Waals surface area contributed by atoms with Crippen molar-refractivity contribution in [3.8, 4) is 0 Å². The maximum absolute atomic E-state index is 13.8. The normalized spacial score (nSPS) is 20.5. The molecule has 0 radical (unpaired) electrons. The number of hydrogen-bond acceptors (Lipinski definition) is 4. The summed E-state index contributed by atoms with van der Waals surface area (Å²) < 4.78 is 45.0. The van der Waals surface area contributed by atoms with Crippen molar-refractivity contribution in [3.05, 3.63) is 60.6 Å². The van der Waals surface area contributed by atoms with E-state index in [4.69, 9.17) is 0 Å². The lowest BCUT2D eigenvalue weighted by molar-refractivity contribution is -0.139. The summed E-state index contributed by atoms with van der Waals surface area (Å²) >= 11 is 0. The van der Waals surface area contributed by atoms with Crippen molar-refractivity contribution in [2.24, 2.45) is 15.9 Å². The molecule has 10 heteroatoms. The first kappa shape index (κ1) is 31.9.